The Hall–Kier alpha value is -3.67. The zero-order valence-electron chi connectivity index (χ0n) is 23.7. The van der Waals surface area contributed by atoms with Crippen molar-refractivity contribution in [2.24, 2.45) is 0 Å². The van der Waals surface area contributed by atoms with Crippen LogP contribution in [-0.4, -0.2) is 87.2 Å². The standard InChI is InChI=1S/C30H37FN4O6/c1-20(36)35-18-30(10-12-34(13-11-30)29(37)33-24-7-5-4-6-23(24)31)27-22-9-8-21(39-3)16-25(22)32-28(27)26(35)17-41-19-40-15-14-38-2/h4-9,16,26,32H,10-15,17-19H2,1-3H3,(H,33,37)/t26-/m0/s1. The van der Waals surface area contributed by atoms with E-state index in [1.54, 1.807) is 44.2 Å². The monoisotopic (exact) mass is 568 g/mol. The first kappa shape index (κ1) is 28.8. The molecule has 1 spiro atoms. The number of piperidine rings is 1. The lowest BCUT2D eigenvalue weighted by Crippen LogP contribution is -2.56. The number of ether oxygens (including phenoxy) is 4. The summed E-state index contributed by atoms with van der Waals surface area (Å²) in [5.41, 5.74) is 2.76. The van der Waals surface area contributed by atoms with Crippen molar-refractivity contribution in [1.29, 1.82) is 0 Å². The van der Waals surface area contributed by atoms with E-state index in [-0.39, 0.29) is 42.5 Å². The smallest absolute Gasteiger partial charge is 0.321 e. The van der Waals surface area contributed by atoms with Gasteiger partial charge in [-0.25, -0.2) is 9.18 Å². The van der Waals surface area contributed by atoms with E-state index >= 15 is 0 Å². The molecule has 0 saturated carbocycles. The van der Waals surface area contributed by atoms with Crippen molar-refractivity contribution in [2.75, 3.05) is 65.8 Å². The Morgan fingerprint density at radius 1 is 1.10 bits per heavy atom. The minimum Gasteiger partial charge on any atom is -0.497 e. The highest BCUT2D eigenvalue weighted by Crippen LogP contribution is 2.49. The van der Waals surface area contributed by atoms with Crippen molar-refractivity contribution < 1.29 is 32.9 Å². The summed E-state index contributed by atoms with van der Waals surface area (Å²) in [7, 11) is 3.24. The van der Waals surface area contributed by atoms with Crippen molar-refractivity contribution in [1.82, 2.24) is 14.8 Å². The van der Waals surface area contributed by atoms with Crippen LogP contribution in [0.4, 0.5) is 14.9 Å². The number of nitrogens with one attached hydrogen (secondary N) is 2. The Morgan fingerprint density at radius 2 is 1.88 bits per heavy atom. The number of aromatic amines is 1. The Labute approximate surface area is 238 Å². The molecule has 2 aromatic carbocycles. The third-order valence-corrected chi connectivity index (χ3v) is 8.15. The molecule has 220 valence electrons. The molecule has 41 heavy (non-hydrogen) atoms. The van der Waals surface area contributed by atoms with Crippen molar-refractivity contribution >= 4 is 28.5 Å². The summed E-state index contributed by atoms with van der Waals surface area (Å²) in [6.07, 6.45) is 1.28. The number of aromatic nitrogens is 1. The Bertz CT molecular complexity index is 1390. The van der Waals surface area contributed by atoms with E-state index in [1.807, 2.05) is 17.0 Å². The zero-order valence-corrected chi connectivity index (χ0v) is 23.7. The second-order valence-corrected chi connectivity index (χ2v) is 10.6. The summed E-state index contributed by atoms with van der Waals surface area (Å²) in [5, 5.41) is 3.76. The van der Waals surface area contributed by atoms with E-state index in [1.165, 1.54) is 6.07 Å². The first-order valence-corrected chi connectivity index (χ1v) is 13.8. The number of urea groups is 1. The van der Waals surface area contributed by atoms with Crippen molar-refractivity contribution in [2.45, 2.75) is 31.2 Å². The molecule has 0 unspecified atom stereocenters. The molecule has 2 aliphatic rings. The molecule has 10 nitrogen and oxygen atoms in total. The fraction of sp³-hybridized carbons (Fsp3) is 0.467. The number of anilines is 1. The molecule has 1 fully saturated rings. The van der Waals surface area contributed by atoms with Gasteiger partial charge in [0, 0.05) is 61.7 Å². The van der Waals surface area contributed by atoms with Crippen LogP contribution in [0.1, 0.15) is 37.1 Å². The van der Waals surface area contributed by atoms with Crippen LogP contribution in [0.3, 0.4) is 0 Å². The summed E-state index contributed by atoms with van der Waals surface area (Å²) in [6, 6.07) is 11.4. The number of halogens is 1. The maximum absolute atomic E-state index is 14.1. The molecular formula is C30H37FN4O6. The van der Waals surface area contributed by atoms with Crippen molar-refractivity contribution in [3.05, 3.63) is 59.5 Å². The van der Waals surface area contributed by atoms with Gasteiger partial charge in [0.15, 0.2) is 0 Å². The Morgan fingerprint density at radius 3 is 2.59 bits per heavy atom. The van der Waals surface area contributed by atoms with Crippen LogP contribution in [0.2, 0.25) is 0 Å². The Balaban J connectivity index is 1.42. The summed E-state index contributed by atoms with van der Waals surface area (Å²) >= 11 is 0. The molecule has 2 aliphatic heterocycles. The summed E-state index contributed by atoms with van der Waals surface area (Å²) < 4.78 is 36.0. The highest BCUT2D eigenvalue weighted by molar-refractivity contribution is 5.90. The quantitative estimate of drug-likeness (QED) is 0.293. The lowest BCUT2D eigenvalue weighted by molar-refractivity contribution is -0.138. The molecule has 0 radical (unpaired) electrons. The summed E-state index contributed by atoms with van der Waals surface area (Å²) in [5.74, 6) is 0.197. The number of benzene rings is 2. The molecule has 1 aromatic heterocycles. The normalized spacial score (nSPS) is 18.0. The van der Waals surface area contributed by atoms with Gasteiger partial charge in [0.2, 0.25) is 5.91 Å². The fourth-order valence-corrected chi connectivity index (χ4v) is 6.04. The van der Waals surface area contributed by atoms with Gasteiger partial charge in [-0.2, -0.15) is 0 Å². The topological polar surface area (TPSA) is 105 Å². The number of hydrogen-bond acceptors (Lipinski definition) is 6. The molecule has 0 aliphatic carbocycles. The third-order valence-electron chi connectivity index (χ3n) is 8.15. The van der Waals surface area contributed by atoms with Gasteiger partial charge in [-0.05, 0) is 42.7 Å². The molecule has 3 heterocycles. The van der Waals surface area contributed by atoms with Gasteiger partial charge >= 0.3 is 6.03 Å². The van der Waals surface area contributed by atoms with E-state index in [9.17, 15) is 14.0 Å². The first-order valence-electron chi connectivity index (χ1n) is 13.8. The van der Waals surface area contributed by atoms with E-state index in [0.29, 0.717) is 45.7 Å². The summed E-state index contributed by atoms with van der Waals surface area (Å²) in [4.78, 5) is 33.2. The average molecular weight is 569 g/mol. The van der Waals surface area contributed by atoms with E-state index in [2.05, 4.69) is 16.4 Å². The van der Waals surface area contributed by atoms with Gasteiger partial charge in [-0.15, -0.1) is 0 Å². The molecule has 3 amide bonds. The molecule has 3 aromatic rings. The molecule has 2 N–H and O–H groups in total. The predicted octanol–water partition coefficient (Wildman–Crippen LogP) is 4.42. The lowest BCUT2D eigenvalue weighted by atomic mass is 9.68. The van der Waals surface area contributed by atoms with Gasteiger partial charge in [0.25, 0.3) is 0 Å². The molecule has 5 rings (SSSR count). The molecule has 0 bridgehead atoms. The van der Waals surface area contributed by atoms with Crippen LogP contribution in [0, 0.1) is 5.82 Å². The van der Waals surface area contributed by atoms with Gasteiger partial charge in [0.1, 0.15) is 18.4 Å². The van der Waals surface area contributed by atoms with Crippen LogP contribution in [0.15, 0.2) is 42.5 Å². The number of para-hydroxylation sites is 1. The summed E-state index contributed by atoms with van der Waals surface area (Å²) in [6.45, 7) is 4.23. The Kier molecular flexibility index (Phi) is 8.77. The van der Waals surface area contributed by atoms with E-state index in [4.69, 9.17) is 18.9 Å². The molecule has 11 heteroatoms. The number of rotatable bonds is 9. The van der Waals surface area contributed by atoms with Crippen LogP contribution < -0.4 is 10.1 Å². The number of methoxy groups -OCH3 is 2. The van der Waals surface area contributed by atoms with Gasteiger partial charge in [0.05, 0.1) is 38.7 Å². The van der Waals surface area contributed by atoms with Crippen LogP contribution in [0.25, 0.3) is 10.9 Å². The highest BCUT2D eigenvalue weighted by Gasteiger charge is 2.48. The predicted molar refractivity (Wildman–Crippen MR) is 152 cm³/mol. The average Bonchev–Trinajstić information content (AvgIpc) is 3.37. The van der Waals surface area contributed by atoms with Gasteiger partial charge in [-0.1, -0.05) is 12.1 Å². The minimum absolute atomic E-state index is 0.0557. The highest BCUT2D eigenvalue weighted by atomic mass is 19.1. The first-order chi connectivity index (χ1) is 19.9. The fourth-order valence-electron chi connectivity index (χ4n) is 6.04. The third kappa shape index (κ3) is 5.88. The molecular weight excluding hydrogens is 531 g/mol. The molecule has 1 atom stereocenters. The van der Waals surface area contributed by atoms with Gasteiger partial charge < -0.3 is 39.0 Å². The van der Waals surface area contributed by atoms with Crippen LogP contribution >= 0.6 is 0 Å². The van der Waals surface area contributed by atoms with Gasteiger partial charge in [-0.3, -0.25) is 4.79 Å². The second kappa shape index (κ2) is 12.5. The van der Waals surface area contributed by atoms with E-state index < -0.39 is 5.82 Å². The number of amides is 3. The number of carbonyl (C=O) groups excluding carboxylic acids is 2. The number of H-pyrrole nitrogens is 1. The van der Waals surface area contributed by atoms with Crippen molar-refractivity contribution in [3.8, 4) is 5.75 Å². The number of nitrogens with zero attached hydrogens (tertiary/aromatic N) is 2. The lowest BCUT2D eigenvalue weighted by Gasteiger charge is -2.50. The zero-order chi connectivity index (χ0) is 29.0. The number of fused-ring (bicyclic) bond motifs is 4. The van der Waals surface area contributed by atoms with Crippen molar-refractivity contribution in [3.63, 3.8) is 0 Å². The van der Waals surface area contributed by atoms with Crippen LogP contribution in [-0.2, 0) is 24.4 Å². The SMILES string of the molecule is COCCOCOC[C@H]1c2[nH]c3cc(OC)ccc3c2C2(CCN(C(=O)Nc3ccccc3F)CC2)CN1C(C)=O. The number of likely N-dealkylation sites (tertiary alicyclic amines) is 1. The maximum atomic E-state index is 14.1. The molecule has 1 saturated heterocycles. The number of carbonyl (C=O) groups is 2. The minimum atomic E-state index is -0.477. The number of hydrogen-bond donors (Lipinski definition) is 2. The second-order valence-electron chi connectivity index (χ2n) is 10.6. The maximum Gasteiger partial charge on any atom is 0.321 e. The van der Waals surface area contributed by atoms with Crippen LogP contribution in [0.5, 0.6) is 5.75 Å². The van der Waals surface area contributed by atoms with E-state index in [0.717, 1.165) is 27.9 Å². The largest absolute Gasteiger partial charge is 0.497 e.